The summed E-state index contributed by atoms with van der Waals surface area (Å²) in [6, 6.07) is 5.76. The summed E-state index contributed by atoms with van der Waals surface area (Å²) in [6.45, 7) is 5.40. The van der Waals surface area contributed by atoms with E-state index in [1.807, 2.05) is 32.0 Å². The van der Waals surface area contributed by atoms with Gasteiger partial charge in [0.1, 0.15) is 13.6 Å². The number of hydrogen-bond acceptors (Lipinski definition) is 2. The fourth-order valence-electron chi connectivity index (χ4n) is 1.98. The third-order valence-corrected chi connectivity index (χ3v) is 2.99. The lowest BCUT2D eigenvalue weighted by atomic mass is 9.78. The van der Waals surface area contributed by atoms with Gasteiger partial charge in [0, 0.05) is 0 Å². The summed E-state index contributed by atoms with van der Waals surface area (Å²) in [7, 11) is 5.79. The van der Waals surface area contributed by atoms with Crippen LogP contribution in [-0.2, 0) is 4.79 Å². The van der Waals surface area contributed by atoms with Gasteiger partial charge in [0.15, 0.2) is 0 Å². The Morgan fingerprint density at radius 1 is 1.35 bits per heavy atom. The molecule has 0 aromatic heterocycles. The molecule has 2 N–H and O–H groups in total. The van der Waals surface area contributed by atoms with Crippen molar-refractivity contribution in [3.8, 4) is 0 Å². The number of rotatable bonds is 1. The Balaban J connectivity index is 2.64. The van der Waals surface area contributed by atoms with E-state index in [4.69, 9.17) is 7.85 Å². The van der Waals surface area contributed by atoms with Gasteiger partial charge in [-0.1, -0.05) is 23.8 Å². The van der Waals surface area contributed by atoms with Gasteiger partial charge in [-0.05, 0) is 31.9 Å². The summed E-state index contributed by atoms with van der Waals surface area (Å²) in [5.41, 5.74) is 1.79. The Kier molecular flexibility index (Phi) is 2.53. The van der Waals surface area contributed by atoms with Crippen LogP contribution >= 0.6 is 0 Å². The zero-order valence-corrected chi connectivity index (χ0v) is 10.2. The molecule has 2 rings (SSSR count). The Labute approximate surface area is 102 Å². The second-order valence-electron chi connectivity index (χ2n) is 4.70. The molecule has 1 heterocycles. The number of nitrogens with one attached hydrogen (secondary N) is 1. The van der Waals surface area contributed by atoms with Crippen LogP contribution in [0, 0.1) is 13.8 Å². The van der Waals surface area contributed by atoms with Crippen LogP contribution in [-0.4, -0.2) is 24.3 Å². The Morgan fingerprint density at radius 2 is 2.00 bits per heavy atom. The molecule has 0 spiro atoms. The van der Waals surface area contributed by atoms with E-state index in [-0.39, 0.29) is 17.2 Å². The molecule has 3 nitrogen and oxygen atoms in total. The number of aryl methyl sites for hydroxylation is 2. The predicted octanol–water partition coefficient (Wildman–Crippen LogP) is 1.59. The molecule has 0 saturated carbocycles. The lowest BCUT2D eigenvalue weighted by molar-refractivity contribution is -0.115. The third kappa shape index (κ3) is 1.84. The zero-order chi connectivity index (χ0) is 12.8. The quantitative estimate of drug-likeness (QED) is 0.715. The largest absolute Gasteiger partial charge is 0.510 e. The minimum absolute atomic E-state index is 0.101. The van der Waals surface area contributed by atoms with Crippen molar-refractivity contribution in [2.75, 3.05) is 0 Å². The van der Waals surface area contributed by atoms with E-state index in [1.54, 1.807) is 6.92 Å². The maximum atomic E-state index is 11.9. The number of amides is 1. The number of carbonyl (C=O) groups excluding carboxylic acids is 1. The summed E-state index contributed by atoms with van der Waals surface area (Å²) < 4.78 is 0. The van der Waals surface area contributed by atoms with Crippen LogP contribution in [0.2, 0.25) is 0 Å². The number of benzene rings is 1. The van der Waals surface area contributed by atoms with Crippen LogP contribution in [0.25, 0.3) is 5.57 Å². The van der Waals surface area contributed by atoms with Gasteiger partial charge in [0.05, 0.1) is 11.0 Å². The summed E-state index contributed by atoms with van der Waals surface area (Å²) in [6.07, 6.45) is 0. The molecule has 0 aliphatic carbocycles. The van der Waals surface area contributed by atoms with Gasteiger partial charge in [-0.15, -0.1) is 0 Å². The second kappa shape index (κ2) is 3.65. The lowest BCUT2D eigenvalue weighted by Crippen LogP contribution is -2.41. The molecule has 2 radical (unpaired) electrons. The van der Waals surface area contributed by atoms with Crippen molar-refractivity contribution >= 4 is 19.3 Å². The van der Waals surface area contributed by atoms with Crippen LogP contribution in [0.5, 0.6) is 0 Å². The van der Waals surface area contributed by atoms with Crippen LogP contribution in [0.15, 0.2) is 24.0 Å². The van der Waals surface area contributed by atoms with Gasteiger partial charge in [0.2, 0.25) is 0 Å². The average Bonchev–Trinajstić information content (AvgIpc) is 2.41. The summed E-state index contributed by atoms with van der Waals surface area (Å²) >= 11 is 0. The molecule has 1 atom stereocenters. The van der Waals surface area contributed by atoms with E-state index in [0.29, 0.717) is 0 Å². The van der Waals surface area contributed by atoms with Crippen LogP contribution in [0.3, 0.4) is 0 Å². The van der Waals surface area contributed by atoms with E-state index in [2.05, 4.69) is 5.32 Å². The molecular formula is C13H14BNO2. The SMILES string of the molecule is [B]C1(C)NC(=O)C(c2cc(C)ccc2C)=C1O. The van der Waals surface area contributed by atoms with E-state index in [0.717, 1.165) is 16.7 Å². The van der Waals surface area contributed by atoms with Crippen LogP contribution < -0.4 is 5.32 Å². The molecule has 1 aromatic carbocycles. The molecule has 17 heavy (non-hydrogen) atoms. The van der Waals surface area contributed by atoms with Crippen molar-refractivity contribution in [2.45, 2.75) is 26.2 Å². The first-order chi connectivity index (χ1) is 7.83. The Hall–Kier alpha value is -1.71. The molecule has 0 saturated heterocycles. The van der Waals surface area contributed by atoms with E-state index >= 15 is 0 Å². The van der Waals surface area contributed by atoms with E-state index in [9.17, 15) is 9.90 Å². The highest BCUT2D eigenvalue weighted by Gasteiger charge is 2.38. The minimum atomic E-state index is -1.18. The van der Waals surface area contributed by atoms with Crippen LogP contribution in [0.4, 0.5) is 0 Å². The molecule has 1 aliphatic heterocycles. The van der Waals surface area contributed by atoms with Gasteiger partial charge in [-0.25, -0.2) is 0 Å². The molecule has 86 valence electrons. The van der Waals surface area contributed by atoms with Gasteiger partial charge in [-0.2, -0.15) is 0 Å². The lowest BCUT2D eigenvalue weighted by Gasteiger charge is -2.18. The molecule has 1 aromatic rings. The first kappa shape index (κ1) is 11.8. The minimum Gasteiger partial charge on any atom is -0.510 e. The molecule has 1 amide bonds. The maximum absolute atomic E-state index is 11.9. The molecule has 0 fully saturated rings. The van der Waals surface area contributed by atoms with Gasteiger partial charge in [0.25, 0.3) is 5.91 Å². The standard InChI is InChI=1S/C13H14BNO2/c1-7-4-5-8(2)9(6-7)10-11(16)13(3,14)15-12(10)17/h4-6,16H,1-3H3,(H,15,17). The van der Waals surface area contributed by atoms with Crippen molar-refractivity contribution in [3.63, 3.8) is 0 Å². The average molecular weight is 227 g/mol. The maximum Gasteiger partial charge on any atom is 0.255 e. The van der Waals surface area contributed by atoms with Crippen molar-refractivity contribution in [1.29, 1.82) is 0 Å². The molecular weight excluding hydrogens is 213 g/mol. The summed E-state index contributed by atoms with van der Waals surface area (Å²) in [5.74, 6) is -0.433. The zero-order valence-electron chi connectivity index (χ0n) is 10.2. The van der Waals surface area contributed by atoms with E-state index < -0.39 is 5.44 Å². The van der Waals surface area contributed by atoms with E-state index in [1.165, 1.54) is 0 Å². The number of hydrogen-bond donors (Lipinski definition) is 2. The Morgan fingerprint density at radius 3 is 2.53 bits per heavy atom. The van der Waals surface area contributed by atoms with Crippen molar-refractivity contribution in [1.82, 2.24) is 5.32 Å². The van der Waals surface area contributed by atoms with Gasteiger partial charge >= 0.3 is 0 Å². The number of carbonyl (C=O) groups is 1. The first-order valence-corrected chi connectivity index (χ1v) is 5.45. The van der Waals surface area contributed by atoms with Gasteiger partial charge < -0.3 is 10.4 Å². The van der Waals surface area contributed by atoms with Crippen molar-refractivity contribution in [2.24, 2.45) is 0 Å². The highest BCUT2D eigenvalue weighted by molar-refractivity contribution is 6.31. The monoisotopic (exact) mass is 227 g/mol. The summed E-state index contributed by atoms with van der Waals surface area (Å²) in [5, 5.41) is 12.6. The highest BCUT2D eigenvalue weighted by Crippen LogP contribution is 2.31. The number of aliphatic hydroxyl groups excluding tert-OH is 1. The third-order valence-electron chi connectivity index (χ3n) is 2.99. The van der Waals surface area contributed by atoms with Crippen LogP contribution in [0.1, 0.15) is 23.6 Å². The normalized spacial score (nSPS) is 24.1. The number of aliphatic hydroxyl groups is 1. The van der Waals surface area contributed by atoms with Crippen molar-refractivity contribution < 1.29 is 9.90 Å². The van der Waals surface area contributed by atoms with Gasteiger partial charge in [-0.3, -0.25) is 4.79 Å². The smallest absolute Gasteiger partial charge is 0.255 e. The second-order valence-corrected chi connectivity index (χ2v) is 4.70. The van der Waals surface area contributed by atoms with Crippen molar-refractivity contribution in [3.05, 3.63) is 40.6 Å². The molecule has 1 aliphatic rings. The fraction of sp³-hybridized carbons (Fsp3) is 0.308. The fourth-order valence-corrected chi connectivity index (χ4v) is 1.98. The molecule has 4 heteroatoms. The predicted molar refractivity (Wildman–Crippen MR) is 67.8 cm³/mol. The summed E-state index contributed by atoms with van der Waals surface area (Å²) in [4.78, 5) is 11.9. The topological polar surface area (TPSA) is 49.3 Å². The molecule has 0 bridgehead atoms. The molecule has 1 unspecified atom stereocenters. The Bertz CT molecular complexity index is 532. The highest BCUT2D eigenvalue weighted by atomic mass is 16.3. The first-order valence-electron chi connectivity index (χ1n) is 5.45.